The molecule has 9 nitrogen and oxygen atoms in total. The third-order valence-electron chi connectivity index (χ3n) is 6.10. The van der Waals surface area contributed by atoms with E-state index in [4.69, 9.17) is 0 Å². The molecule has 1 aliphatic heterocycles. The van der Waals surface area contributed by atoms with Gasteiger partial charge in [0.15, 0.2) is 23.1 Å². The zero-order valence-corrected chi connectivity index (χ0v) is 21.8. The molecule has 1 aliphatic rings. The Hall–Kier alpha value is -3.16. The predicted octanol–water partition coefficient (Wildman–Crippen LogP) is 4.53. The maximum atomic E-state index is 14.0. The van der Waals surface area contributed by atoms with E-state index >= 15 is 0 Å². The van der Waals surface area contributed by atoms with Gasteiger partial charge in [0, 0.05) is 73.0 Å². The molecule has 0 spiro atoms. The lowest BCUT2D eigenvalue weighted by Crippen LogP contribution is -2.38. The molecule has 0 saturated carbocycles. The van der Waals surface area contributed by atoms with E-state index in [1.165, 1.54) is 12.1 Å². The summed E-state index contributed by atoms with van der Waals surface area (Å²) in [5.74, 6) is -0.879. The molecule has 190 valence electrons. The summed E-state index contributed by atoms with van der Waals surface area (Å²) in [6.07, 6.45) is 5.94. The van der Waals surface area contributed by atoms with E-state index in [-0.39, 0.29) is 27.5 Å². The molecule has 0 radical (unpaired) electrons. The molecule has 36 heavy (non-hydrogen) atoms. The van der Waals surface area contributed by atoms with Gasteiger partial charge in [-0.3, -0.25) is 14.3 Å². The smallest absolute Gasteiger partial charge is 0.244 e. The van der Waals surface area contributed by atoms with Crippen LogP contribution < -0.4 is 10.6 Å². The van der Waals surface area contributed by atoms with Crippen molar-refractivity contribution in [1.82, 2.24) is 24.9 Å². The van der Waals surface area contributed by atoms with Crippen molar-refractivity contribution in [1.29, 1.82) is 0 Å². The van der Waals surface area contributed by atoms with Gasteiger partial charge in [-0.15, -0.1) is 10.2 Å². The third kappa shape index (κ3) is 6.33. The average molecular weight is 609 g/mol. The van der Waals surface area contributed by atoms with E-state index in [2.05, 4.69) is 25.9 Å². The second-order valence-corrected chi connectivity index (χ2v) is 9.57. The molecule has 3 aromatic rings. The summed E-state index contributed by atoms with van der Waals surface area (Å²) < 4.78 is 29.1. The molecule has 1 fully saturated rings. The highest BCUT2D eigenvalue weighted by Gasteiger charge is 2.22. The van der Waals surface area contributed by atoms with E-state index < -0.39 is 11.6 Å². The summed E-state index contributed by atoms with van der Waals surface area (Å²) in [4.78, 5) is 25.8. The first-order chi connectivity index (χ1) is 17.3. The van der Waals surface area contributed by atoms with Crippen molar-refractivity contribution >= 4 is 49.5 Å². The molecule has 0 atom stereocenters. The highest BCUT2D eigenvalue weighted by atomic mass is 127. The average Bonchev–Trinajstić information content (AvgIpc) is 3.31. The van der Waals surface area contributed by atoms with Gasteiger partial charge in [-0.25, -0.2) is 8.78 Å². The van der Waals surface area contributed by atoms with Crippen LogP contribution in [0.4, 0.5) is 26.0 Å². The number of amides is 1. The number of nitrogens with zero attached hydrogens (tertiary/aromatic N) is 5. The molecule has 4 rings (SSSR count). The van der Waals surface area contributed by atoms with Crippen LogP contribution in [0.25, 0.3) is 0 Å². The number of rotatable bonds is 9. The number of hydrogen-bond donors (Lipinski definition) is 2. The van der Waals surface area contributed by atoms with Crippen molar-refractivity contribution in [2.75, 3.05) is 23.7 Å². The minimum Gasteiger partial charge on any atom is -0.379 e. The van der Waals surface area contributed by atoms with E-state index in [0.29, 0.717) is 29.5 Å². The fourth-order valence-corrected chi connectivity index (χ4v) is 4.54. The summed E-state index contributed by atoms with van der Waals surface area (Å²) in [6, 6.07) is 5.52. The van der Waals surface area contributed by atoms with E-state index in [1.807, 2.05) is 22.7 Å². The highest BCUT2D eigenvalue weighted by molar-refractivity contribution is 14.1. The molecule has 3 heterocycles. The topological polar surface area (TPSA) is 105 Å². The van der Waals surface area contributed by atoms with Gasteiger partial charge in [-0.2, -0.15) is 5.10 Å². The van der Waals surface area contributed by atoms with Gasteiger partial charge in [-0.05, 0) is 24.8 Å². The van der Waals surface area contributed by atoms with Crippen LogP contribution in [0.15, 0.2) is 36.7 Å². The SMILES string of the molecule is CCC(=O)N1CCC(Cn2cc(Nc3cc(NCc4cccc(F)c4F)c(C(=O)I)nn3)cn2)CC1. The molecule has 0 bridgehead atoms. The lowest BCUT2D eigenvalue weighted by molar-refractivity contribution is -0.132. The normalized spacial score (nSPS) is 14.1. The minimum absolute atomic E-state index is 0.0355. The molecule has 0 aliphatic carbocycles. The maximum absolute atomic E-state index is 14.0. The molecular weight excluding hydrogens is 583 g/mol. The number of likely N-dealkylation sites (tertiary alicyclic amines) is 1. The fraction of sp³-hybridized carbons (Fsp3) is 0.375. The maximum Gasteiger partial charge on any atom is 0.244 e. The first kappa shape index (κ1) is 25.9. The lowest BCUT2D eigenvalue weighted by Gasteiger charge is -2.31. The largest absolute Gasteiger partial charge is 0.379 e. The van der Waals surface area contributed by atoms with Gasteiger partial charge < -0.3 is 15.5 Å². The Morgan fingerprint density at radius 3 is 2.69 bits per heavy atom. The Morgan fingerprint density at radius 1 is 1.19 bits per heavy atom. The Kier molecular flexibility index (Phi) is 8.44. The molecule has 0 unspecified atom stereocenters. The first-order valence-corrected chi connectivity index (χ1v) is 12.7. The Balaban J connectivity index is 1.40. The quantitative estimate of drug-likeness (QED) is 0.272. The number of nitrogens with one attached hydrogen (secondary N) is 2. The third-order valence-corrected chi connectivity index (χ3v) is 6.61. The van der Waals surface area contributed by atoms with Gasteiger partial charge in [-0.1, -0.05) is 19.1 Å². The van der Waals surface area contributed by atoms with Crippen LogP contribution >= 0.6 is 22.6 Å². The van der Waals surface area contributed by atoms with Crippen LogP contribution in [0, 0.1) is 17.6 Å². The Bertz CT molecular complexity index is 1240. The molecule has 1 saturated heterocycles. The van der Waals surface area contributed by atoms with Gasteiger partial charge in [0.05, 0.1) is 17.6 Å². The van der Waals surface area contributed by atoms with Crippen molar-refractivity contribution in [2.24, 2.45) is 5.92 Å². The summed E-state index contributed by atoms with van der Waals surface area (Å²) in [5.41, 5.74) is 1.25. The van der Waals surface area contributed by atoms with Crippen molar-refractivity contribution in [3.8, 4) is 0 Å². The predicted molar refractivity (Wildman–Crippen MR) is 139 cm³/mol. The Labute approximate surface area is 220 Å². The number of benzene rings is 1. The molecule has 1 amide bonds. The van der Waals surface area contributed by atoms with Crippen molar-refractivity contribution < 1.29 is 18.4 Å². The highest BCUT2D eigenvalue weighted by Crippen LogP contribution is 2.24. The second-order valence-electron chi connectivity index (χ2n) is 8.59. The van der Waals surface area contributed by atoms with Crippen LogP contribution in [-0.4, -0.2) is 47.7 Å². The monoisotopic (exact) mass is 609 g/mol. The zero-order valence-electron chi connectivity index (χ0n) is 19.7. The van der Waals surface area contributed by atoms with Crippen molar-refractivity contribution in [2.45, 2.75) is 39.3 Å². The molecule has 12 heteroatoms. The number of carbonyl (C=O) groups is 2. The van der Waals surface area contributed by atoms with Crippen LogP contribution in [0.5, 0.6) is 0 Å². The summed E-state index contributed by atoms with van der Waals surface area (Å²) in [6.45, 7) is 4.14. The Morgan fingerprint density at radius 2 is 1.97 bits per heavy atom. The van der Waals surface area contributed by atoms with Gasteiger partial charge in [0.1, 0.15) is 0 Å². The summed E-state index contributed by atoms with van der Waals surface area (Å²) >= 11 is 1.60. The molecule has 2 aromatic heterocycles. The summed E-state index contributed by atoms with van der Waals surface area (Å²) in [7, 11) is 0. The minimum atomic E-state index is -0.942. The van der Waals surface area contributed by atoms with Gasteiger partial charge in [0.2, 0.25) is 9.70 Å². The van der Waals surface area contributed by atoms with E-state index in [1.54, 1.807) is 34.9 Å². The number of anilines is 3. The van der Waals surface area contributed by atoms with Crippen LogP contribution in [0.2, 0.25) is 0 Å². The standard InChI is InChI=1S/C24H26F2IN7O2/c1-2-21(35)33-8-6-15(7-9-33)13-34-14-17(12-29-34)30-20-10-19(23(24(27)36)32-31-20)28-11-16-4-3-5-18(25)22(16)26/h3-5,10,12,14-15H,2,6-9,11,13H2,1H3,(H2,28,30,31). The van der Waals surface area contributed by atoms with E-state index in [9.17, 15) is 18.4 Å². The fourth-order valence-electron chi connectivity index (χ4n) is 4.14. The molecular formula is C24H26F2IN7O2. The van der Waals surface area contributed by atoms with Gasteiger partial charge >= 0.3 is 0 Å². The molecule has 1 aromatic carbocycles. The van der Waals surface area contributed by atoms with Crippen LogP contribution in [-0.2, 0) is 17.9 Å². The number of hydrogen-bond acceptors (Lipinski definition) is 7. The second kappa shape index (κ2) is 11.7. The first-order valence-electron chi connectivity index (χ1n) is 11.7. The van der Waals surface area contributed by atoms with Crippen molar-refractivity contribution in [3.63, 3.8) is 0 Å². The van der Waals surface area contributed by atoms with Gasteiger partial charge in [0.25, 0.3) is 0 Å². The summed E-state index contributed by atoms with van der Waals surface area (Å²) in [5, 5.41) is 18.6. The lowest BCUT2D eigenvalue weighted by atomic mass is 9.96. The number of halogens is 3. The van der Waals surface area contributed by atoms with Crippen LogP contribution in [0.3, 0.4) is 0 Å². The number of aromatic nitrogens is 4. The number of piperidine rings is 1. The molecule has 2 N–H and O–H groups in total. The van der Waals surface area contributed by atoms with E-state index in [0.717, 1.165) is 38.5 Å². The van der Waals surface area contributed by atoms with Crippen LogP contribution in [0.1, 0.15) is 42.2 Å². The van der Waals surface area contributed by atoms with Crippen molar-refractivity contribution in [3.05, 3.63) is 59.6 Å². The number of carbonyl (C=O) groups excluding carboxylic acids is 2. The zero-order chi connectivity index (χ0) is 25.7.